The highest BCUT2D eigenvalue weighted by molar-refractivity contribution is 5.46. The lowest BCUT2D eigenvalue weighted by atomic mass is 9.90. The number of aromatic nitrogens is 4. The van der Waals surface area contributed by atoms with Crippen LogP contribution in [0, 0.1) is 12.8 Å². The van der Waals surface area contributed by atoms with Crippen LogP contribution in [0.4, 0.5) is 0 Å². The molecule has 0 aromatic carbocycles. The highest BCUT2D eigenvalue weighted by Gasteiger charge is 2.34. The molecule has 0 aliphatic carbocycles. The second kappa shape index (κ2) is 5.18. The molecule has 21 heavy (non-hydrogen) atoms. The molecule has 0 spiro atoms. The predicted molar refractivity (Wildman–Crippen MR) is 76.4 cm³/mol. The number of nitrogens with zero attached hydrogens (tertiary/aromatic N) is 4. The number of hydrogen-bond donors (Lipinski definition) is 1. The second-order valence-corrected chi connectivity index (χ2v) is 6.18. The first-order valence-electron chi connectivity index (χ1n) is 7.65. The largest absolute Gasteiger partial charge is 0.339 e. The third-order valence-electron chi connectivity index (χ3n) is 4.51. The van der Waals surface area contributed by atoms with E-state index in [4.69, 9.17) is 4.52 Å². The highest BCUT2D eigenvalue weighted by atomic mass is 16.5. The fourth-order valence-electron chi connectivity index (χ4n) is 3.61. The minimum Gasteiger partial charge on any atom is -0.339 e. The van der Waals surface area contributed by atoms with E-state index in [0.717, 1.165) is 18.0 Å². The zero-order valence-electron chi connectivity index (χ0n) is 12.1. The summed E-state index contributed by atoms with van der Waals surface area (Å²) in [7, 11) is 0. The fraction of sp³-hybridized carbons (Fsp3) is 0.600. The number of aryl methyl sites for hydroxylation is 1. The summed E-state index contributed by atoms with van der Waals surface area (Å²) in [4.78, 5) is 12.9. The van der Waals surface area contributed by atoms with Crippen molar-refractivity contribution in [2.45, 2.75) is 51.1 Å². The molecule has 2 fully saturated rings. The summed E-state index contributed by atoms with van der Waals surface area (Å²) in [6.45, 7) is 1.86. The van der Waals surface area contributed by atoms with Crippen molar-refractivity contribution in [1.29, 1.82) is 0 Å². The molecule has 4 rings (SSSR count). The zero-order valence-corrected chi connectivity index (χ0v) is 12.1. The van der Waals surface area contributed by atoms with E-state index in [1.165, 1.54) is 25.7 Å². The average Bonchev–Trinajstić information content (AvgIpc) is 3.06. The minimum absolute atomic E-state index is 0.562. The van der Waals surface area contributed by atoms with Crippen LogP contribution in [0.25, 0.3) is 11.5 Å². The standard InChI is InChI=1S/C15H19N5O/c1-9-16-5-4-13(17-9)15-19-14(21-20-15)8-10-6-11-2-3-12(7-10)18-11/h4-5,10-12,18H,2-3,6-8H2,1H3. The Morgan fingerprint density at radius 1 is 1.24 bits per heavy atom. The smallest absolute Gasteiger partial charge is 0.227 e. The summed E-state index contributed by atoms with van der Waals surface area (Å²) in [5, 5.41) is 7.71. The molecular formula is C15H19N5O. The van der Waals surface area contributed by atoms with Crippen LogP contribution in [-0.4, -0.2) is 32.2 Å². The van der Waals surface area contributed by atoms with Crippen molar-refractivity contribution in [2.75, 3.05) is 0 Å². The molecule has 1 N–H and O–H groups in total. The van der Waals surface area contributed by atoms with E-state index in [-0.39, 0.29) is 0 Å². The van der Waals surface area contributed by atoms with Crippen molar-refractivity contribution >= 4 is 0 Å². The van der Waals surface area contributed by atoms with Crippen LogP contribution in [0.5, 0.6) is 0 Å². The van der Waals surface area contributed by atoms with E-state index in [2.05, 4.69) is 25.4 Å². The van der Waals surface area contributed by atoms with E-state index in [0.29, 0.717) is 29.7 Å². The lowest BCUT2D eigenvalue weighted by Gasteiger charge is -2.27. The molecule has 2 bridgehead atoms. The first-order chi connectivity index (χ1) is 10.3. The zero-order chi connectivity index (χ0) is 14.2. The fourth-order valence-corrected chi connectivity index (χ4v) is 3.61. The van der Waals surface area contributed by atoms with Gasteiger partial charge in [-0.3, -0.25) is 0 Å². The van der Waals surface area contributed by atoms with Crippen LogP contribution in [0.2, 0.25) is 0 Å². The van der Waals surface area contributed by atoms with E-state index in [1.54, 1.807) is 6.20 Å². The topological polar surface area (TPSA) is 76.7 Å². The minimum atomic E-state index is 0.562. The number of rotatable bonds is 3. The molecule has 2 aliphatic heterocycles. The van der Waals surface area contributed by atoms with Gasteiger partial charge in [-0.1, -0.05) is 5.16 Å². The predicted octanol–water partition coefficient (Wildman–Crippen LogP) is 1.91. The Kier molecular flexibility index (Phi) is 3.18. The van der Waals surface area contributed by atoms with Crippen molar-refractivity contribution in [2.24, 2.45) is 5.92 Å². The maximum atomic E-state index is 5.41. The maximum absolute atomic E-state index is 5.41. The quantitative estimate of drug-likeness (QED) is 0.928. The van der Waals surface area contributed by atoms with E-state index in [9.17, 15) is 0 Å². The van der Waals surface area contributed by atoms with Crippen LogP contribution < -0.4 is 5.32 Å². The Balaban J connectivity index is 1.47. The van der Waals surface area contributed by atoms with E-state index in [1.807, 2.05) is 13.0 Å². The molecule has 110 valence electrons. The number of piperidine rings is 1. The molecule has 6 heteroatoms. The van der Waals surface area contributed by atoms with Crippen molar-refractivity contribution in [3.05, 3.63) is 24.0 Å². The Hall–Kier alpha value is -1.82. The van der Waals surface area contributed by atoms with Gasteiger partial charge in [-0.05, 0) is 44.6 Å². The Morgan fingerprint density at radius 2 is 2.05 bits per heavy atom. The SMILES string of the molecule is Cc1nccc(-c2noc(CC3CC4CCC(C3)N4)n2)n1. The van der Waals surface area contributed by atoms with Gasteiger partial charge in [0.2, 0.25) is 11.7 Å². The molecule has 2 atom stereocenters. The molecule has 2 aromatic heterocycles. The van der Waals surface area contributed by atoms with Gasteiger partial charge in [0, 0.05) is 24.7 Å². The van der Waals surface area contributed by atoms with Crippen LogP contribution in [0.3, 0.4) is 0 Å². The van der Waals surface area contributed by atoms with Crippen molar-refractivity contribution in [3.8, 4) is 11.5 Å². The van der Waals surface area contributed by atoms with Gasteiger partial charge in [-0.25, -0.2) is 9.97 Å². The molecule has 0 radical (unpaired) electrons. The van der Waals surface area contributed by atoms with Crippen molar-refractivity contribution < 1.29 is 4.52 Å². The van der Waals surface area contributed by atoms with Crippen LogP contribution in [0.15, 0.2) is 16.8 Å². The van der Waals surface area contributed by atoms with Crippen LogP contribution in [-0.2, 0) is 6.42 Å². The normalized spacial score (nSPS) is 28.0. The summed E-state index contributed by atoms with van der Waals surface area (Å²) >= 11 is 0. The maximum Gasteiger partial charge on any atom is 0.227 e. The molecule has 2 aliphatic rings. The van der Waals surface area contributed by atoms with E-state index < -0.39 is 0 Å². The molecule has 6 nitrogen and oxygen atoms in total. The summed E-state index contributed by atoms with van der Waals surface area (Å²) < 4.78 is 5.41. The molecule has 0 saturated carbocycles. The van der Waals surface area contributed by atoms with Gasteiger partial charge < -0.3 is 9.84 Å². The van der Waals surface area contributed by atoms with Gasteiger partial charge in [0.25, 0.3) is 0 Å². The summed E-state index contributed by atoms with van der Waals surface area (Å²) in [6.07, 6.45) is 7.68. The first kappa shape index (κ1) is 12.9. The molecular weight excluding hydrogens is 266 g/mol. The Bertz CT molecular complexity index is 628. The molecule has 4 heterocycles. The lowest BCUT2D eigenvalue weighted by molar-refractivity contribution is 0.270. The van der Waals surface area contributed by atoms with Gasteiger partial charge in [-0.15, -0.1) is 0 Å². The van der Waals surface area contributed by atoms with Gasteiger partial charge in [0.05, 0.1) is 0 Å². The highest BCUT2D eigenvalue weighted by Crippen LogP contribution is 2.32. The summed E-state index contributed by atoms with van der Waals surface area (Å²) in [5.41, 5.74) is 0.725. The first-order valence-corrected chi connectivity index (χ1v) is 7.65. The molecule has 2 unspecified atom stereocenters. The summed E-state index contributed by atoms with van der Waals surface area (Å²) in [6, 6.07) is 3.20. The van der Waals surface area contributed by atoms with Crippen molar-refractivity contribution in [1.82, 2.24) is 25.4 Å². The lowest BCUT2D eigenvalue weighted by Crippen LogP contribution is -2.38. The Morgan fingerprint density at radius 3 is 2.81 bits per heavy atom. The van der Waals surface area contributed by atoms with Crippen LogP contribution in [0.1, 0.15) is 37.4 Å². The average molecular weight is 285 g/mol. The van der Waals surface area contributed by atoms with Crippen LogP contribution >= 0.6 is 0 Å². The number of nitrogens with one attached hydrogen (secondary N) is 1. The third kappa shape index (κ3) is 2.68. The molecule has 2 saturated heterocycles. The molecule has 0 amide bonds. The van der Waals surface area contributed by atoms with Gasteiger partial charge in [-0.2, -0.15) is 4.98 Å². The summed E-state index contributed by atoms with van der Waals surface area (Å²) in [5.74, 6) is 2.66. The van der Waals surface area contributed by atoms with Crippen molar-refractivity contribution in [3.63, 3.8) is 0 Å². The van der Waals surface area contributed by atoms with Gasteiger partial charge in [0.15, 0.2) is 0 Å². The number of fused-ring (bicyclic) bond motifs is 2. The third-order valence-corrected chi connectivity index (χ3v) is 4.51. The second-order valence-electron chi connectivity index (χ2n) is 6.18. The monoisotopic (exact) mass is 285 g/mol. The number of hydrogen-bond acceptors (Lipinski definition) is 6. The van der Waals surface area contributed by atoms with E-state index >= 15 is 0 Å². The van der Waals surface area contributed by atoms with Gasteiger partial charge in [0.1, 0.15) is 11.5 Å². The van der Waals surface area contributed by atoms with Gasteiger partial charge >= 0.3 is 0 Å². The Labute approximate surface area is 123 Å². The molecule has 2 aromatic rings.